The van der Waals surface area contributed by atoms with E-state index in [1.54, 1.807) is 0 Å². The second-order valence-electron chi connectivity index (χ2n) is 26.3. The highest BCUT2D eigenvalue weighted by Gasteiger charge is 2.27. The van der Waals surface area contributed by atoms with Crippen LogP contribution in [-0.2, 0) is 32.7 Å². The van der Waals surface area contributed by atoms with Crippen molar-refractivity contribution < 1.29 is 42.1 Å². The van der Waals surface area contributed by atoms with Gasteiger partial charge in [-0.3, -0.25) is 18.6 Å². The second-order valence-corrected chi connectivity index (χ2v) is 27.8. The van der Waals surface area contributed by atoms with E-state index in [1.807, 2.05) is 21.1 Å². The minimum atomic E-state index is -4.39. The number of allylic oxidation sites excluding steroid dienone is 10. The number of ether oxygens (including phenoxy) is 2. The zero-order valence-corrected chi connectivity index (χ0v) is 58.5. The lowest BCUT2D eigenvalue weighted by molar-refractivity contribution is -0.870. The van der Waals surface area contributed by atoms with Crippen LogP contribution in [0.15, 0.2) is 60.8 Å². The summed E-state index contributed by atoms with van der Waals surface area (Å²) in [7, 11) is 1.49. The fraction of sp³-hybridized carbons (Fsp3) is 0.842. The number of nitrogens with zero attached hydrogens (tertiary/aromatic N) is 1. The molecule has 0 saturated heterocycles. The molecular weight excluding hydrogens is 1090 g/mol. The Morgan fingerprint density at radius 3 is 1.00 bits per heavy atom. The van der Waals surface area contributed by atoms with Crippen LogP contribution in [0.3, 0.4) is 0 Å². The molecule has 0 aromatic heterocycles. The number of likely N-dealkylation sites (N-methyl/N-ethyl adjacent to an activating group) is 1. The van der Waals surface area contributed by atoms with Crippen molar-refractivity contribution in [3.05, 3.63) is 60.8 Å². The number of carbonyl (C=O) groups is 2. The smallest absolute Gasteiger partial charge is 0.462 e. The van der Waals surface area contributed by atoms with Crippen molar-refractivity contribution in [1.29, 1.82) is 0 Å². The van der Waals surface area contributed by atoms with E-state index in [0.717, 1.165) is 57.8 Å². The summed E-state index contributed by atoms with van der Waals surface area (Å²) in [6, 6.07) is 0. The number of hydrogen-bond acceptors (Lipinski definition) is 7. The van der Waals surface area contributed by atoms with Gasteiger partial charge in [0.15, 0.2) is 6.10 Å². The Balaban J connectivity index is 3.95. The molecule has 1 N–H and O–H groups in total. The van der Waals surface area contributed by atoms with Crippen LogP contribution in [0, 0.1) is 0 Å². The van der Waals surface area contributed by atoms with Gasteiger partial charge >= 0.3 is 19.8 Å². The summed E-state index contributed by atoms with van der Waals surface area (Å²) in [6.07, 6.45) is 89.2. The Morgan fingerprint density at radius 2 is 0.663 bits per heavy atom. The largest absolute Gasteiger partial charge is 0.472 e. The maximum absolute atomic E-state index is 12.9. The summed E-state index contributed by atoms with van der Waals surface area (Å²) >= 11 is 0. The van der Waals surface area contributed by atoms with E-state index in [1.165, 1.54) is 270 Å². The highest BCUT2D eigenvalue weighted by molar-refractivity contribution is 7.47. The molecule has 0 heterocycles. The maximum Gasteiger partial charge on any atom is 0.472 e. The number of quaternary nitrogens is 1. The Hall–Kier alpha value is -2.29. The van der Waals surface area contributed by atoms with Gasteiger partial charge in [0.2, 0.25) is 0 Å². The molecule has 2 unspecified atom stereocenters. The van der Waals surface area contributed by atoms with Crippen LogP contribution < -0.4 is 0 Å². The lowest BCUT2D eigenvalue weighted by Gasteiger charge is -2.24. The van der Waals surface area contributed by atoms with Crippen molar-refractivity contribution in [3.63, 3.8) is 0 Å². The van der Waals surface area contributed by atoms with E-state index in [9.17, 15) is 19.0 Å². The van der Waals surface area contributed by atoms with E-state index in [0.29, 0.717) is 23.9 Å². The minimum absolute atomic E-state index is 0.0324. The van der Waals surface area contributed by atoms with E-state index in [4.69, 9.17) is 18.5 Å². The first-order chi connectivity index (χ1) is 42.0. The summed E-state index contributed by atoms with van der Waals surface area (Å²) in [5, 5.41) is 0. The SMILES string of the molecule is CC/C=C\C/C=C\C/C=C\C/C=C\CCCCCCCCCCCCCCCCC(=O)OC(COC(=O)CCCCCCCCCCCCCCCCCCCCCCCCC/C=C\CCCCCCCCCC)COP(=O)(O)OCC[N+](C)(C)C. The number of phosphoric acid groups is 1. The number of unbranched alkanes of at least 4 members (excludes halogenated alkanes) is 45. The lowest BCUT2D eigenvalue weighted by Crippen LogP contribution is -2.37. The maximum atomic E-state index is 12.9. The van der Waals surface area contributed by atoms with Crippen molar-refractivity contribution in [1.82, 2.24) is 0 Å². The average Bonchev–Trinajstić information content (AvgIpc) is 3.53. The van der Waals surface area contributed by atoms with Gasteiger partial charge < -0.3 is 18.9 Å². The number of phosphoric ester groups is 1. The van der Waals surface area contributed by atoms with Gasteiger partial charge in [-0.2, -0.15) is 0 Å². The summed E-state index contributed by atoms with van der Waals surface area (Å²) in [5.74, 6) is -0.781. The third-order valence-electron chi connectivity index (χ3n) is 16.5. The minimum Gasteiger partial charge on any atom is -0.462 e. The van der Waals surface area contributed by atoms with Gasteiger partial charge in [-0.25, -0.2) is 4.57 Å². The fourth-order valence-corrected chi connectivity index (χ4v) is 11.6. The Morgan fingerprint density at radius 1 is 0.372 bits per heavy atom. The molecule has 0 aromatic rings. The lowest BCUT2D eigenvalue weighted by atomic mass is 10.0. The summed E-state index contributed by atoms with van der Waals surface area (Å²) in [6.45, 7) is 4.38. The fourth-order valence-electron chi connectivity index (χ4n) is 10.9. The molecule has 0 bridgehead atoms. The quantitative estimate of drug-likeness (QED) is 0.0211. The molecule has 0 spiro atoms. The van der Waals surface area contributed by atoms with Crippen molar-refractivity contribution in [2.45, 2.75) is 367 Å². The van der Waals surface area contributed by atoms with Crippen molar-refractivity contribution in [2.75, 3.05) is 47.5 Å². The van der Waals surface area contributed by atoms with E-state index in [2.05, 4.69) is 74.6 Å². The molecule has 0 amide bonds. The summed E-state index contributed by atoms with van der Waals surface area (Å²) in [5.41, 5.74) is 0. The molecule has 0 aliphatic carbocycles. The molecular formula is C76H143NO8P+. The Labute approximate surface area is 534 Å². The van der Waals surface area contributed by atoms with Crippen LogP contribution in [0.25, 0.3) is 0 Å². The van der Waals surface area contributed by atoms with Gasteiger partial charge in [0.25, 0.3) is 0 Å². The van der Waals surface area contributed by atoms with Crippen LogP contribution >= 0.6 is 7.82 Å². The zero-order valence-electron chi connectivity index (χ0n) is 57.6. The molecule has 0 radical (unpaired) electrons. The predicted molar refractivity (Wildman–Crippen MR) is 372 cm³/mol. The molecule has 0 aliphatic heterocycles. The van der Waals surface area contributed by atoms with Gasteiger partial charge in [0.05, 0.1) is 27.7 Å². The third kappa shape index (κ3) is 70.8. The summed E-state index contributed by atoms with van der Waals surface area (Å²) < 4.78 is 34.8. The highest BCUT2D eigenvalue weighted by Crippen LogP contribution is 2.43. The standard InChI is InChI=1S/C76H142NO8P/c1-6-8-10-12-14-16-18-20-22-24-26-28-30-32-34-35-36-37-38-39-40-41-43-44-46-48-50-52-54-56-58-60-62-64-66-68-75(78)82-72-74(73-84-86(80,81)83-71-70-77(3,4)5)85-76(79)69-67-65-63-61-59-57-55-53-51-49-47-45-42-33-31-29-27-25-23-21-19-17-15-13-11-9-7-2/h9,11,15,17,21,23-24,26-27,29,74H,6-8,10,12-14,16,18-20,22,25,28,30-73H2,1-5H3/p+1/b11-9-,17-15-,23-21-,26-24-,29-27-. The highest BCUT2D eigenvalue weighted by atomic mass is 31.2. The number of hydrogen-bond donors (Lipinski definition) is 1. The van der Waals surface area contributed by atoms with E-state index >= 15 is 0 Å². The zero-order chi connectivity index (χ0) is 62.6. The van der Waals surface area contributed by atoms with Gasteiger partial charge in [-0.05, 0) is 77.0 Å². The number of carbonyl (C=O) groups excluding carboxylic acids is 2. The van der Waals surface area contributed by atoms with Gasteiger partial charge in [-0.15, -0.1) is 0 Å². The number of rotatable bonds is 69. The molecule has 0 aliphatic rings. The first kappa shape index (κ1) is 83.7. The van der Waals surface area contributed by atoms with Crippen LogP contribution in [0.5, 0.6) is 0 Å². The van der Waals surface area contributed by atoms with Crippen LogP contribution in [0.1, 0.15) is 361 Å². The van der Waals surface area contributed by atoms with Crippen LogP contribution in [-0.4, -0.2) is 74.9 Å². The Kier molecular flexibility index (Phi) is 65.3. The normalized spacial score (nSPS) is 13.4. The molecule has 9 nitrogen and oxygen atoms in total. The molecule has 0 rings (SSSR count). The first-order valence-electron chi connectivity index (χ1n) is 37.0. The monoisotopic (exact) mass is 1230 g/mol. The number of esters is 2. The Bertz CT molecular complexity index is 1630. The molecule has 10 heteroatoms. The molecule has 86 heavy (non-hydrogen) atoms. The van der Waals surface area contributed by atoms with Gasteiger partial charge in [-0.1, -0.05) is 331 Å². The molecule has 2 atom stereocenters. The van der Waals surface area contributed by atoms with Crippen molar-refractivity contribution in [3.8, 4) is 0 Å². The molecule has 504 valence electrons. The van der Waals surface area contributed by atoms with E-state index < -0.39 is 26.5 Å². The van der Waals surface area contributed by atoms with Gasteiger partial charge in [0, 0.05) is 12.8 Å². The van der Waals surface area contributed by atoms with Gasteiger partial charge in [0.1, 0.15) is 19.8 Å². The van der Waals surface area contributed by atoms with Crippen LogP contribution in [0.2, 0.25) is 0 Å². The topological polar surface area (TPSA) is 108 Å². The second kappa shape index (κ2) is 67.1. The van der Waals surface area contributed by atoms with Crippen molar-refractivity contribution >= 4 is 19.8 Å². The first-order valence-corrected chi connectivity index (χ1v) is 38.5. The van der Waals surface area contributed by atoms with Crippen molar-refractivity contribution in [2.24, 2.45) is 0 Å². The third-order valence-corrected chi connectivity index (χ3v) is 17.5. The molecule has 0 aromatic carbocycles. The van der Waals surface area contributed by atoms with Crippen LogP contribution in [0.4, 0.5) is 0 Å². The van der Waals surface area contributed by atoms with E-state index in [-0.39, 0.29) is 25.6 Å². The predicted octanol–water partition coefficient (Wildman–Crippen LogP) is 24.2. The summed E-state index contributed by atoms with van der Waals surface area (Å²) in [4.78, 5) is 35.9. The molecule has 0 fully saturated rings. The average molecular weight is 1230 g/mol. The molecule has 0 saturated carbocycles.